The fourth-order valence-corrected chi connectivity index (χ4v) is 4.38. The van der Waals surface area contributed by atoms with E-state index in [4.69, 9.17) is 9.97 Å². The SMILES string of the molecule is Brc1ccc2c(-c3nc4ccccc4c4nc5ccccn5c34)cccc2c1. The van der Waals surface area contributed by atoms with Crippen molar-refractivity contribution in [1.82, 2.24) is 14.4 Å². The van der Waals surface area contributed by atoms with Gasteiger partial charge in [-0.15, -0.1) is 0 Å². The molecule has 0 aliphatic carbocycles. The highest BCUT2D eigenvalue weighted by atomic mass is 79.9. The zero-order valence-electron chi connectivity index (χ0n) is 14.8. The fraction of sp³-hybridized carbons (Fsp3) is 0. The van der Waals surface area contributed by atoms with Crippen LogP contribution in [0.5, 0.6) is 0 Å². The maximum Gasteiger partial charge on any atom is 0.137 e. The molecule has 28 heavy (non-hydrogen) atoms. The number of hydrogen-bond acceptors (Lipinski definition) is 2. The normalized spacial score (nSPS) is 11.8. The monoisotopic (exact) mass is 423 g/mol. The Hall–Kier alpha value is -3.24. The van der Waals surface area contributed by atoms with Crippen LogP contribution in [0.15, 0.2) is 89.5 Å². The molecule has 0 aliphatic heterocycles. The molecule has 0 unspecified atom stereocenters. The van der Waals surface area contributed by atoms with Gasteiger partial charge in [0.15, 0.2) is 0 Å². The predicted molar refractivity (Wildman–Crippen MR) is 119 cm³/mol. The summed E-state index contributed by atoms with van der Waals surface area (Å²) in [6.07, 6.45) is 2.06. The molecule has 3 aromatic heterocycles. The van der Waals surface area contributed by atoms with Gasteiger partial charge in [0.2, 0.25) is 0 Å². The lowest BCUT2D eigenvalue weighted by Gasteiger charge is -2.10. The van der Waals surface area contributed by atoms with E-state index in [0.717, 1.165) is 43.3 Å². The highest BCUT2D eigenvalue weighted by Crippen LogP contribution is 2.36. The van der Waals surface area contributed by atoms with E-state index >= 15 is 0 Å². The Morgan fingerprint density at radius 2 is 1.64 bits per heavy atom. The largest absolute Gasteiger partial charge is 0.298 e. The minimum atomic E-state index is 0.930. The van der Waals surface area contributed by atoms with E-state index < -0.39 is 0 Å². The van der Waals surface area contributed by atoms with Crippen LogP contribution in [0.25, 0.3) is 49.6 Å². The van der Waals surface area contributed by atoms with E-state index in [-0.39, 0.29) is 0 Å². The van der Waals surface area contributed by atoms with Crippen molar-refractivity contribution in [1.29, 1.82) is 0 Å². The molecule has 6 aromatic rings. The smallest absolute Gasteiger partial charge is 0.137 e. The number of pyridine rings is 2. The number of fused-ring (bicyclic) bond motifs is 6. The quantitative estimate of drug-likeness (QED) is 0.297. The summed E-state index contributed by atoms with van der Waals surface area (Å²) in [5, 5.41) is 3.44. The van der Waals surface area contributed by atoms with Crippen LogP contribution in [0.4, 0.5) is 0 Å². The molecule has 3 nitrogen and oxygen atoms in total. The molecule has 132 valence electrons. The highest BCUT2D eigenvalue weighted by Gasteiger charge is 2.17. The van der Waals surface area contributed by atoms with Crippen LogP contribution in [0, 0.1) is 0 Å². The van der Waals surface area contributed by atoms with Gasteiger partial charge in [-0.05, 0) is 41.1 Å². The molecule has 3 heterocycles. The Morgan fingerprint density at radius 3 is 2.61 bits per heavy atom. The third-order valence-corrected chi connectivity index (χ3v) is 5.74. The number of imidazole rings is 1. The summed E-state index contributed by atoms with van der Waals surface area (Å²) in [7, 11) is 0. The molecule has 0 N–H and O–H groups in total. The van der Waals surface area contributed by atoms with Crippen LogP contribution in [0.2, 0.25) is 0 Å². The summed E-state index contributed by atoms with van der Waals surface area (Å²) in [6, 6.07) is 27.1. The second-order valence-electron chi connectivity index (χ2n) is 6.89. The van der Waals surface area contributed by atoms with E-state index in [9.17, 15) is 0 Å². The first-order valence-corrected chi connectivity index (χ1v) is 9.93. The molecule has 0 fully saturated rings. The summed E-state index contributed by atoms with van der Waals surface area (Å²) >= 11 is 3.58. The molecule has 0 saturated carbocycles. The zero-order chi connectivity index (χ0) is 18.7. The van der Waals surface area contributed by atoms with Crippen LogP contribution in [-0.2, 0) is 0 Å². The van der Waals surface area contributed by atoms with Crippen molar-refractivity contribution in [3.05, 3.63) is 89.5 Å². The number of benzene rings is 3. The summed E-state index contributed by atoms with van der Waals surface area (Å²) in [5.41, 5.74) is 6.00. The molecule has 3 aromatic carbocycles. The predicted octanol–water partition coefficient (Wildman–Crippen LogP) is 6.62. The number of nitrogens with zero attached hydrogens (tertiary/aromatic N) is 3. The second kappa shape index (κ2) is 5.88. The van der Waals surface area contributed by atoms with Gasteiger partial charge in [0.1, 0.15) is 11.2 Å². The molecular weight excluding hydrogens is 410 g/mol. The standard InChI is InChI=1S/C24H14BrN3/c25-16-11-12-17-15(14-16)6-5-8-18(17)22-24-23(19-7-1-2-9-20(19)26-22)27-21-10-3-4-13-28(21)24/h1-14H. The first kappa shape index (κ1) is 15.8. The Morgan fingerprint density at radius 1 is 0.750 bits per heavy atom. The van der Waals surface area contributed by atoms with Gasteiger partial charge in [-0.1, -0.05) is 64.5 Å². The van der Waals surface area contributed by atoms with Gasteiger partial charge in [-0.3, -0.25) is 4.40 Å². The van der Waals surface area contributed by atoms with Crippen LogP contribution in [-0.4, -0.2) is 14.4 Å². The van der Waals surface area contributed by atoms with Gasteiger partial charge >= 0.3 is 0 Å². The van der Waals surface area contributed by atoms with Gasteiger partial charge in [0, 0.05) is 21.6 Å². The number of hydrogen-bond donors (Lipinski definition) is 0. The Balaban J connectivity index is 1.85. The first-order chi connectivity index (χ1) is 13.8. The lowest BCUT2D eigenvalue weighted by Crippen LogP contribution is -1.93. The topological polar surface area (TPSA) is 30.2 Å². The third kappa shape index (κ3) is 2.21. The first-order valence-electron chi connectivity index (χ1n) is 9.14. The van der Waals surface area contributed by atoms with E-state index in [1.54, 1.807) is 0 Å². The molecule has 4 heteroatoms. The average Bonchev–Trinajstić information content (AvgIpc) is 3.12. The van der Waals surface area contributed by atoms with Crippen LogP contribution < -0.4 is 0 Å². The molecule has 0 radical (unpaired) electrons. The molecule has 0 saturated heterocycles. The molecule has 0 aliphatic rings. The lowest BCUT2D eigenvalue weighted by atomic mass is 10.00. The van der Waals surface area contributed by atoms with Gasteiger partial charge in [0.05, 0.1) is 16.7 Å². The zero-order valence-corrected chi connectivity index (χ0v) is 16.4. The highest BCUT2D eigenvalue weighted by molar-refractivity contribution is 9.10. The summed E-state index contributed by atoms with van der Waals surface area (Å²) in [5.74, 6) is 0. The number of aromatic nitrogens is 3. The van der Waals surface area contributed by atoms with Gasteiger partial charge < -0.3 is 0 Å². The van der Waals surface area contributed by atoms with E-state index in [1.807, 2.05) is 30.3 Å². The number of halogens is 1. The van der Waals surface area contributed by atoms with E-state index in [1.165, 1.54) is 10.8 Å². The van der Waals surface area contributed by atoms with Crippen LogP contribution in [0.1, 0.15) is 0 Å². The van der Waals surface area contributed by atoms with Crippen molar-refractivity contribution in [2.24, 2.45) is 0 Å². The number of rotatable bonds is 1. The van der Waals surface area contributed by atoms with Crippen molar-refractivity contribution in [2.45, 2.75) is 0 Å². The Labute approximate surface area is 169 Å². The number of para-hydroxylation sites is 1. The Bertz CT molecular complexity index is 1530. The Kier molecular flexibility index (Phi) is 3.31. The van der Waals surface area contributed by atoms with Crippen molar-refractivity contribution in [3.8, 4) is 11.3 Å². The maximum atomic E-state index is 5.10. The van der Waals surface area contributed by atoms with Crippen LogP contribution in [0.3, 0.4) is 0 Å². The van der Waals surface area contributed by atoms with Crippen molar-refractivity contribution < 1.29 is 0 Å². The van der Waals surface area contributed by atoms with Crippen molar-refractivity contribution >= 4 is 54.3 Å². The molecule has 0 spiro atoms. The summed E-state index contributed by atoms with van der Waals surface area (Å²) < 4.78 is 3.21. The lowest BCUT2D eigenvalue weighted by molar-refractivity contribution is 1.22. The third-order valence-electron chi connectivity index (χ3n) is 5.24. The molecule has 0 amide bonds. The average molecular weight is 424 g/mol. The second-order valence-corrected chi connectivity index (χ2v) is 7.80. The maximum absolute atomic E-state index is 5.10. The van der Waals surface area contributed by atoms with Crippen molar-refractivity contribution in [3.63, 3.8) is 0 Å². The minimum absolute atomic E-state index is 0.930. The van der Waals surface area contributed by atoms with Gasteiger partial charge in [0.25, 0.3) is 0 Å². The molecule has 6 rings (SSSR count). The molecule has 0 atom stereocenters. The molecular formula is C24H14BrN3. The van der Waals surface area contributed by atoms with Gasteiger partial charge in [-0.2, -0.15) is 0 Å². The van der Waals surface area contributed by atoms with Gasteiger partial charge in [-0.25, -0.2) is 9.97 Å². The summed E-state index contributed by atoms with van der Waals surface area (Å²) in [6.45, 7) is 0. The summed E-state index contributed by atoms with van der Waals surface area (Å²) in [4.78, 5) is 10.0. The van der Waals surface area contributed by atoms with E-state index in [2.05, 4.69) is 75.1 Å². The fourth-order valence-electron chi connectivity index (χ4n) is 4.00. The van der Waals surface area contributed by atoms with E-state index in [0.29, 0.717) is 0 Å². The molecule has 0 bridgehead atoms. The minimum Gasteiger partial charge on any atom is -0.298 e. The van der Waals surface area contributed by atoms with Crippen molar-refractivity contribution in [2.75, 3.05) is 0 Å². The van der Waals surface area contributed by atoms with Crippen LogP contribution >= 0.6 is 15.9 Å².